The SMILES string of the molecule is COC(=O)C1(CO)CN(c2ncc(C(=O)O)cn2)C1. The third-order valence-electron chi connectivity index (χ3n) is 3.08. The minimum absolute atomic E-state index is 0.00865. The van der Waals surface area contributed by atoms with Crippen molar-refractivity contribution in [3.05, 3.63) is 18.0 Å². The molecule has 0 saturated carbocycles. The normalized spacial score (nSPS) is 16.6. The molecule has 0 radical (unpaired) electrons. The Bertz CT molecular complexity index is 496. The molecule has 0 amide bonds. The molecule has 2 heterocycles. The molecule has 0 bridgehead atoms. The van der Waals surface area contributed by atoms with Gasteiger partial charge in [0.05, 0.1) is 19.3 Å². The van der Waals surface area contributed by atoms with Crippen LogP contribution in [0.25, 0.3) is 0 Å². The topological polar surface area (TPSA) is 113 Å². The van der Waals surface area contributed by atoms with Crippen LogP contribution in [-0.2, 0) is 9.53 Å². The summed E-state index contributed by atoms with van der Waals surface area (Å²) in [6.45, 7) is 0.161. The number of carboxylic acid groups (broad SMARTS) is 1. The molecule has 8 heteroatoms. The lowest BCUT2D eigenvalue weighted by Crippen LogP contribution is -2.63. The van der Waals surface area contributed by atoms with Gasteiger partial charge >= 0.3 is 11.9 Å². The van der Waals surface area contributed by atoms with Crippen LogP contribution in [0.15, 0.2) is 12.4 Å². The fraction of sp³-hybridized carbons (Fsp3) is 0.455. The molecule has 1 aromatic heterocycles. The minimum atomic E-state index is -1.10. The first-order chi connectivity index (χ1) is 9.02. The van der Waals surface area contributed by atoms with E-state index in [1.54, 1.807) is 4.90 Å². The molecule has 1 aliphatic rings. The molecule has 8 nitrogen and oxygen atoms in total. The molecular weight excluding hydrogens is 254 g/mol. The summed E-state index contributed by atoms with van der Waals surface area (Å²) in [5, 5.41) is 18.0. The fourth-order valence-corrected chi connectivity index (χ4v) is 1.93. The Balaban J connectivity index is 2.07. The van der Waals surface area contributed by atoms with E-state index in [1.165, 1.54) is 19.5 Å². The van der Waals surface area contributed by atoms with E-state index in [1.807, 2.05) is 0 Å². The highest BCUT2D eigenvalue weighted by Crippen LogP contribution is 2.33. The summed E-state index contributed by atoms with van der Waals surface area (Å²) in [5.41, 5.74) is -0.950. The van der Waals surface area contributed by atoms with Gasteiger partial charge < -0.3 is 19.8 Å². The number of methoxy groups -OCH3 is 1. The number of aliphatic hydroxyl groups excluding tert-OH is 1. The highest BCUT2D eigenvalue weighted by atomic mass is 16.5. The predicted octanol–water partition coefficient (Wildman–Crippen LogP) is -0.854. The standard InChI is InChI=1S/C11H13N3O5/c1-19-9(18)11(6-15)4-14(5-11)10-12-2-7(3-13-10)8(16)17/h2-3,15H,4-6H2,1H3,(H,16,17). The van der Waals surface area contributed by atoms with E-state index in [2.05, 4.69) is 14.7 Å². The van der Waals surface area contributed by atoms with E-state index in [-0.39, 0.29) is 25.3 Å². The van der Waals surface area contributed by atoms with Gasteiger partial charge in [0.15, 0.2) is 0 Å². The van der Waals surface area contributed by atoms with Gasteiger partial charge in [-0.25, -0.2) is 14.8 Å². The van der Waals surface area contributed by atoms with Crippen LogP contribution in [0.5, 0.6) is 0 Å². The van der Waals surface area contributed by atoms with Crippen molar-refractivity contribution in [1.29, 1.82) is 0 Å². The smallest absolute Gasteiger partial charge is 0.338 e. The highest BCUT2D eigenvalue weighted by Gasteiger charge is 2.51. The Morgan fingerprint density at radius 2 is 2.00 bits per heavy atom. The van der Waals surface area contributed by atoms with E-state index in [0.717, 1.165) is 0 Å². The molecule has 1 fully saturated rings. The molecule has 1 aromatic rings. The Labute approximate surface area is 108 Å². The molecule has 0 aromatic carbocycles. The largest absolute Gasteiger partial charge is 0.478 e. The van der Waals surface area contributed by atoms with Gasteiger partial charge in [0.25, 0.3) is 0 Å². The highest BCUT2D eigenvalue weighted by molar-refractivity contribution is 5.87. The fourth-order valence-electron chi connectivity index (χ4n) is 1.93. The number of carbonyl (C=O) groups excluding carboxylic acids is 1. The van der Waals surface area contributed by atoms with Crippen LogP contribution < -0.4 is 4.90 Å². The number of aromatic carboxylic acids is 1. The molecule has 19 heavy (non-hydrogen) atoms. The summed E-state index contributed by atoms with van der Waals surface area (Å²) < 4.78 is 4.64. The van der Waals surface area contributed by atoms with E-state index in [9.17, 15) is 14.7 Å². The van der Waals surface area contributed by atoms with Gasteiger partial charge in [-0.1, -0.05) is 0 Å². The summed E-state index contributed by atoms with van der Waals surface area (Å²) in [5.74, 6) is -1.26. The molecule has 0 unspecified atom stereocenters. The maximum absolute atomic E-state index is 11.5. The number of carboxylic acids is 1. The number of aliphatic hydroxyl groups is 1. The number of aromatic nitrogens is 2. The zero-order valence-corrected chi connectivity index (χ0v) is 10.2. The van der Waals surface area contributed by atoms with E-state index < -0.39 is 17.4 Å². The van der Waals surface area contributed by atoms with Crippen molar-refractivity contribution >= 4 is 17.9 Å². The molecule has 2 rings (SSSR count). The van der Waals surface area contributed by atoms with Crippen LogP contribution in [0.2, 0.25) is 0 Å². The lowest BCUT2D eigenvalue weighted by Gasteiger charge is -2.46. The molecule has 0 aliphatic carbocycles. The Hall–Kier alpha value is -2.22. The van der Waals surface area contributed by atoms with E-state index in [0.29, 0.717) is 5.95 Å². The molecule has 2 N–H and O–H groups in total. The van der Waals surface area contributed by atoms with Crippen LogP contribution in [0.1, 0.15) is 10.4 Å². The second-order valence-corrected chi connectivity index (χ2v) is 4.36. The van der Waals surface area contributed by atoms with Crippen molar-refractivity contribution in [2.75, 3.05) is 31.7 Å². The number of hydrogen-bond acceptors (Lipinski definition) is 7. The van der Waals surface area contributed by atoms with Crippen molar-refractivity contribution in [2.45, 2.75) is 0 Å². The average molecular weight is 267 g/mol. The second-order valence-electron chi connectivity index (χ2n) is 4.36. The summed E-state index contributed by atoms with van der Waals surface area (Å²) in [6, 6.07) is 0. The molecule has 102 valence electrons. The third kappa shape index (κ3) is 2.22. The van der Waals surface area contributed by atoms with Gasteiger partial charge in [0.1, 0.15) is 5.41 Å². The molecule has 0 spiro atoms. The van der Waals surface area contributed by atoms with Crippen molar-refractivity contribution in [2.24, 2.45) is 5.41 Å². The number of ether oxygens (including phenoxy) is 1. The quantitative estimate of drug-likeness (QED) is 0.678. The van der Waals surface area contributed by atoms with Gasteiger partial charge in [-0.2, -0.15) is 0 Å². The zero-order valence-electron chi connectivity index (χ0n) is 10.2. The first-order valence-electron chi connectivity index (χ1n) is 5.52. The molecular formula is C11H13N3O5. The number of carbonyl (C=O) groups is 2. The third-order valence-corrected chi connectivity index (χ3v) is 3.08. The lowest BCUT2D eigenvalue weighted by atomic mass is 9.81. The van der Waals surface area contributed by atoms with Crippen LogP contribution in [-0.4, -0.2) is 58.9 Å². The monoisotopic (exact) mass is 267 g/mol. The Morgan fingerprint density at radius 1 is 1.42 bits per heavy atom. The van der Waals surface area contributed by atoms with E-state index in [4.69, 9.17) is 5.11 Å². The summed E-state index contributed by atoms with van der Waals surface area (Å²) >= 11 is 0. The summed E-state index contributed by atoms with van der Waals surface area (Å²) in [7, 11) is 1.26. The maximum Gasteiger partial charge on any atom is 0.338 e. The van der Waals surface area contributed by atoms with Crippen molar-refractivity contribution in [1.82, 2.24) is 9.97 Å². The Kier molecular flexibility index (Phi) is 3.34. The number of hydrogen-bond donors (Lipinski definition) is 2. The predicted molar refractivity (Wildman–Crippen MR) is 62.7 cm³/mol. The average Bonchev–Trinajstić information content (AvgIpc) is 2.38. The van der Waals surface area contributed by atoms with Gasteiger partial charge in [-0.05, 0) is 0 Å². The van der Waals surface area contributed by atoms with Crippen molar-refractivity contribution in [3.63, 3.8) is 0 Å². The number of anilines is 1. The van der Waals surface area contributed by atoms with Gasteiger partial charge in [0, 0.05) is 25.5 Å². The van der Waals surface area contributed by atoms with Crippen molar-refractivity contribution in [3.8, 4) is 0 Å². The molecule has 1 saturated heterocycles. The zero-order chi connectivity index (χ0) is 14.0. The maximum atomic E-state index is 11.5. The van der Waals surface area contributed by atoms with E-state index >= 15 is 0 Å². The van der Waals surface area contributed by atoms with Gasteiger partial charge in [0.2, 0.25) is 5.95 Å². The minimum Gasteiger partial charge on any atom is -0.478 e. The first-order valence-corrected chi connectivity index (χ1v) is 5.52. The first kappa shape index (κ1) is 13.2. The van der Waals surface area contributed by atoms with Crippen LogP contribution in [0.4, 0.5) is 5.95 Å². The number of rotatable bonds is 4. The van der Waals surface area contributed by atoms with Gasteiger partial charge in [-0.3, -0.25) is 4.79 Å². The van der Waals surface area contributed by atoms with Crippen LogP contribution in [0, 0.1) is 5.41 Å². The number of esters is 1. The summed E-state index contributed by atoms with van der Waals surface area (Å²) in [6.07, 6.45) is 2.39. The van der Waals surface area contributed by atoms with Crippen molar-refractivity contribution < 1.29 is 24.5 Å². The van der Waals surface area contributed by atoms with Gasteiger partial charge in [-0.15, -0.1) is 0 Å². The molecule has 0 atom stereocenters. The van der Waals surface area contributed by atoms with Crippen LogP contribution >= 0.6 is 0 Å². The second kappa shape index (κ2) is 4.81. The lowest BCUT2D eigenvalue weighted by molar-refractivity contribution is -0.157. The Morgan fingerprint density at radius 3 is 2.42 bits per heavy atom. The van der Waals surface area contributed by atoms with Crippen LogP contribution in [0.3, 0.4) is 0 Å². The summed E-state index contributed by atoms with van der Waals surface area (Å²) in [4.78, 5) is 31.7. The number of nitrogens with zero attached hydrogens (tertiary/aromatic N) is 3. The molecule has 1 aliphatic heterocycles.